The molecule has 2 bridgehead atoms. The van der Waals surface area contributed by atoms with E-state index < -0.39 is 72.2 Å². The fourth-order valence-corrected chi connectivity index (χ4v) is 5.68. The molecule has 4 rings (SSSR count). The van der Waals surface area contributed by atoms with Gasteiger partial charge in [0, 0.05) is 24.9 Å². The van der Waals surface area contributed by atoms with Crippen molar-refractivity contribution in [3.8, 4) is 6.07 Å². The van der Waals surface area contributed by atoms with Crippen LogP contribution in [0, 0.1) is 29.1 Å². The normalized spacial score (nSPS) is 28.2. The number of carbonyl (C=O) groups is 4. The van der Waals surface area contributed by atoms with Gasteiger partial charge in [-0.15, -0.1) is 0 Å². The van der Waals surface area contributed by atoms with Crippen molar-refractivity contribution in [3.63, 3.8) is 0 Å². The van der Waals surface area contributed by atoms with E-state index in [-0.39, 0.29) is 37.5 Å². The monoisotopic (exact) mass is 549 g/mol. The summed E-state index contributed by atoms with van der Waals surface area (Å²) in [5.41, 5.74) is 0. The lowest BCUT2D eigenvalue weighted by atomic mass is 9.71. The predicted molar refractivity (Wildman–Crippen MR) is 122 cm³/mol. The van der Waals surface area contributed by atoms with E-state index in [1.165, 1.54) is 0 Å². The molecule has 4 amide bonds. The number of fused-ring (bicyclic) bond motifs is 3. The number of rotatable bonds is 8. The van der Waals surface area contributed by atoms with Gasteiger partial charge in [-0.3, -0.25) is 19.2 Å². The summed E-state index contributed by atoms with van der Waals surface area (Å²) >= 11 is 0. The third-order valence-corrected chi connectivity index (χ3v) is 7.42. The Hall–Kier alpha value is -2.98. The lowest BCUT2D eigenvalue weighted by Crippen LogP contribution is -2.71. The molecule has 3 N–H and O–H groups in total. The van der Waals surface area contributed by atoms with E-state index in [1.807, 2.05) is 6.07 Å². The van der Waals surface area contributed by atoms with E-state index in [1.54, 1.807) is 19.2 Å². The van der Waals surface area contributed by atoms with Crippen LogP contribution >= 0.6 is 0 Å². The minimum Gasteiger partial charge on any atom is -0.356 e. The Labute approximate surface area is 216 Å². The van der Waals surface area contributed by atoms with Gasteiger partial charge in [-0.25, -0.2) is 8.78 Å². The molecule has 0 aromatic carbocycles. The van der Waals surface area contributed by atoms with Gasteiger partial charge in [-0.1, -0.05) is 13.8 Å². The Morgan fingerprint density at radius 2 is 1.87 bits per heavy atom. The predicted octanol–water partition coefficient (Wildman–Crippen LogP) is 2.02. The van der Waals surface area contributed by atoms with Gasteiger partial charge < -0.3 is 20.9 Å². The third kappa shape index (κ3) is 6.53. The van der Waals surface area contributed by atoms with Crippen LogP contribution in [-0.4, -0.2) is 71.3 Å². The quantitative estimate of drug-likeness (QED) is 0.399. The van der Waals surface area contributed by atoms with Gasteiger partial charge in [0.25, 0.3) is 5.92 Å². The van der Waals surface area contributed by atoms with Crippen LogP contribution in [0.25, 0.3) is 0 Å². The largest absolute Gasteiger partial charge is 0.471 e. The van der Waals surface area contributed by atoms with Gasteiger partial charge in [-0.05, 0) is 44.4 Å². The zero-order valence-corrected chi connectivity index (χ0v) is 21.1. The molecule has 212 valence electrons. The highest BCUT2D eigenvalue weighted by atomic mass is 19.4. The number of carbonyl (C=O) groups excluding carboxylic acids is 4. The highest BCUT2D eigenvalue weighted by Gasteiger charge is 2.61. The first-order chi connectivity index (χ1) is 17.7. The Balaban J connectivity index is 1.87. The molecule has 0 radical (unpaired) electrons. The molecule has 4 aliphatic rings. The van der Waals surface area contributed by atoms with Crippen LogP contribution in [-0.2, 0) is 19.2 Å². The summed E-state index contributed by atoms with van der Waals surface area (Å²) in [6.07, 6.45) is -5.15. The van der Waals surface area contributed by atoms with Gasteiger partial charge in [0.1, 0.15) is 18.1 Å². The Morgan fingerprint density at radius 3 is 2.42 bits per heavy atom. The van der Waals surface area contributed by atoms with Crippen LogP contribution in [0.3, 0.4) is 0 Å². The topological polar surface area (TPSA) is 131 Å². The molecule has 6 atom stereocenters. The molecule has 0 unspecified atom stereocenters. The first-order valence-corrected chi connectivity index (χ1v) is 12.7. The summed E-state index contributed by atoms with van der Waals surface area (Å²) in [5.74, 6) is -10.6. The number of amides is 4. The molecule has 3 heterocycles. The SMILES string of the molecule is CC(C)C[C@H](NC(=O)C(F)(F)F)C(=O)N1[C@@H]2CC[C@H]([C@@H]1C(=O)N[C@H](C#N)C[C@H]1CCCNC1=O)C(F)(F)C2. The molecule has 0 aromatic rings. The van der Waals surface area contributed by atoms with Crippen LogP contribution < -0.4 is 16.0 Å². The number of piperidine rings is 3. The van der Waals surface area contributed by atoms with Crippen molar-refractivity contribution in [3.05, 3.63) is 0 Å². The maximum Gasteiger partial charge on any atom is 0.471 e. The lowest BCUT2D eigenvalue weighted by molar-refractivity contribution is -0.196. The summed E-state index contributed by atoms with van der Waals surface area (Å²) in [7, 11) is 0. The molecule has 14 heteroatoms. The molecular formula is C24H32F5N5O4. The molecule has 3 aliphatic heterocycles. The van der Waals surface area contributed by atoms with Crippen LogP contribution in [0.1, 0.15) is 58.8 Å². The van der Waals surface area contributed by atoms with Crippen LogP contribution in [0.2, 0.25) is 0 Å². The molecule has 4 fully saturated rings. The molecule has 1 aliphatic carbocycles. The second-order valence-electron chi connectivity index (χ2n) is 10.7. The highest BCUT2D eigenvalue weighted by molar-refractivity contribution is 5.94. The Kier molecular flexibility index (Phi) is 8.88. The number of hydrogen-bond acceptors (Lipinski definition) is 5. The van der Waals surface area contributed by atoms with E-state index >= 15 is 0 Å². The van der Waals surface area contributed by atoms with Crippen molar-refractivity contribution in [1.82, 2.24) is 20.9 Å². The summed E-state index contributed by atoms with van der Waals surface area (Å²) in [4.78, 5) is 51.5. The average molecular weight is 550 g/mol. The summed E-state index contributed by atoms with van der Waals surface area (Å²) < 4.78 is 68.7. The van der Waals surface area contributed by atoms with Crippen molar-refractivity contribution in [2.24, 2.45) is 17.8 Å². The zero-order chi connectivity index (χ0) is 28.4. The van der Waals surface area contributed by atoms with Gasteiger partial charge in [0.05, 0.1) is 12.0 Å². The summed E-state index contributed by atoms with van der Waals surface area (Å²) in [6.45, 7) is 3.71. The van der Waals surface area contributed by atoms with E-state index in [4.69, 9.17) is 0 Å². The minimum atomic E-state index is -5.27. The van der Waals surface area contributed by atoms with Gasteiger partial charge >= 0.3 is 12.1 Å². The molecule has 1 saturated carbocycles. The van der Waals surface area contributed by atoms with Crippen LogP contribution in [0.4, 0.5) is 22.0 Å². The van der Waals surface area contributed by atoms with Crippen molar-refractivity contribution < 1.29 is 41.1 Å². The van der Waals surface area contributed by atoms with E-state index in [0.29, 0.717) is 19.4 Å². The second kappa shape index (κ2) is 11.4. The molecule has 3 saturated heterocycles. The Bertz CT molecular complexity index is 982. The van der Waals surface area contributed by atoms with Crippen molar-refractivity contribution in [2.75, 3.05) is 6.54 Å². The van der Waals surface area contributed by atoms with Gasteiger partial charge in [0.15, 0.2) is 0 Å². The molecule has 38 heavy (non-hydrogen) atoms. The molecule has 9 nitrogen and oxygen atoms in total. The number of nitrogens with one attached hydrogen (secondary N) is 3. The lowest BCUT2D eigenvalue weighted by Gasteiger charge is -2.54. The standard InChI is InChI=1S/C24H32F5N5O4/c1-12(2)8-17(33-22(38)24(27,28)29)21(37)34-15-5-6-16(23(25,26)10-15)18(34)20(36)32-14(11-30)9-13-4-3-7-31-19(13)35/h12-18H,3-10H2,1-2H3,(H,31,35)(H,32,36)(H,33,38)/t13-,14+,15-,16-,17+,18-/m1/s1. The third-order valence-electron chi connectivity index (χ3n) is 7.42. The maximum atomic E-state index is 14.9. The minimum absolute atomic E-state index is 0.0587. The smallest absolute Gasteiger partial charge is 0.356 e. The number of alkyl halides is 5. The number of hydrogen-bond donors (Lipinski definition) is 3. The zero-order valence-electron chi connectivity index (χ0n) is 21.1. The van der Waals surface area contributed by atoms with Gasteiger partial charge in [0.2, 0.25) is 17.7 Å². The Morgan fingerprint density at radius 1 is 1.18 bits per heavy atom. The number of nitrogens with zero attached hydrogens (tertiary/aromatic N) is 2. The first-order valence-electron chi connectivity index (χ1n) is 12.7. The number of nitriles is 1. The van der Waals surface area contributed by atoms with Gasteiger partial charge in [-0.2, -0.15) is 18.4 Å². The first kappa shape index (κ1) is 29.6. The van der Waals surface area contributed by atoms with E-state index in [2.05, 4.69) is 10.6 Å². The van der Waals surface area contributed by atoms with Crippen molar-refractivity contribution in [2.45, 2.75) is 95.1 Å². The van der Waals surface area contributed by atoms with Crippen LogP contribution in [0.15, 0.2) is 0 Å². The molecular weight excluding hydrogens is 517 g/mol. The summed E-state index contributed by atoms with van der Waals surface area (Å²) in [6, 6.07) is -3.93. The maximum absolute atomic E-state index is 14.9. The van der Waals surface area contributed by atoms with E-state index in [0.717, 1.165) is 4.90 Å². The molecule has 0 spiro atoms. The average Bonchev–Trinajstić information content (AvgIpc) is 2.82. The van der Waals surface area contributed by atoms with Crippen LogP contribution in [0.5, 0.6) is 0 Å². The van der Waals surface area contributed by atoms with E-state index in [9.17, 15) is 46.4 Å². The molecule has 0 aromatic heterocycles. The number of halogens is 5. The van der Waals surface area contributed by atoms with Crippen molar-refractivity contribution >= 4 is 23.6 Å². The van der Waals surface area contributed by atoms with Crippen molar-refractivity contribution in [1.29, 1.82) is 5.26 Å². The summed E-state index contributed by atoms with van der Waals surface area (Å²) in [5, 5.41) is 16.3. The highest BCUT2D eigenvalue weighted by Crippen LogP contribution is 2.49. The fraction of sp³-hybridized carbons (Fsp3) is 0.792. The second-order valence-corrected chi connectivity index (χ2v) is 10.7. The fourth-order valence-electron chi connectivity index (χ4n) is 5.68.